The Morgan fingerprint density at radius 3 is 2.65 bits per heavy atom. The lowest BCUT2D eigenvalue weighted by Gasteiger charge is -2.23. The fourth-order valence-corrected chi connectivity index (χ4v) is 4.77. The molecule has 120 valence electrons. The summed E-state index contributed by atoms with van der Waals surface area (Å²) < 4.78 is 0. The van der Waals surface area contributed by atoms with Crippen molar-refractivity contribution in [2.24, 2.45) is 5.10 Å². The Bertz CT molecular complexity index is 688. The van der Waals surface area contributed by atoms with Gasteiger partial charge in [0.05, 0.1) is 23.2 Å². The van der Waals surface area contributed by atoms with Crippen molar-refractivity contribution in [1.82, 2.24) is 9.91 Å². The van der Waals surface area contributed by atoms with Crippen LogP contribution in [-0.2, 0) is 4.79 Å². The number of likely N-dealkylation sites (tertiary alicyclic amines) is 1. The fraction of sp³-hybridized carbons (Fsp3) is 0.412. The van der Waals surface area contributed by atoms with Gasteiger partial charge in [0.2, 0.25) is 0 Å². The molecule has 2 aromatic heterocycles. The molecule has 0 unspecified atom stereocenters. The quantitative estimate of drug-likeness (QED) is 0.849. The molecule has 4 nitrogen and oxygen atoms in total. The maximum atomic E-state index is 12.8. The van der Waals surface area contributed by atoms with Crippen LogP contribution in [0.1, 0.15) is 35.1 Å². The minimum atomic E-state index is 0.0576. The zero-order chi connectivity index (χ0) is 15.6. The normalized spacial score (nSPS) is 21.8. The summed E-state index contributed by atoms with van der Waals surface area (Å²) in [6.07, 6.45) is 3.21. The van der Waals surface area contributed by atoms with Gasteiger partial charge in [-0.1, -0.05) is 12.1 Å². The SMILES string of the molecule is O=C(CN1CCCC1)N1N=C(c2cccs2)C[C@@H]1c1cccs1. The lowest BCUT2D eigenvalue weighted by molar-refractivity contribution is -0.133. The van der Waals surface area contributed by atoms with Gasteiger partial charge in [0.15, 0.2) is 0 Å². The molecule has 2 aliphatic rings. The molecule has 4 rings (SSSR count). The van der Waals surface area contributed by atoms with E-state index in [1.807, 2.05) is 12.1 Å². The molecule has 2 aromatic rings. The van der Waals surface area contributed by atoms with E-state index in [2.05, 4.69) is 27.8 Å². The number of nitrogens with zero attached hydrogens (tertiary/aromatic N) is 3. The lowest BCUT2D eigenvalue weighted by atomic mass is 10.1. The largest absolute Gasteiger partial charge is 0.294 e. The van der Waals surface area contributed by atoms with Crippen LogP contribution >= 0.6 is 22.7 Å². The van der Waals surface area contributed by atoms with Crippen molar-refractivity contribution in [1.29, 1.82) is 0 Å². The van der Waals surface area contributed by atoms with E-state index in [9.17, 15) is 4.79 Å². The monoisotopic (exact) mass is 345 g/mol. The van der Waals surface area contributed by atoms with Gasteiger partial charge in [-0.2, -0.15) is 5.10 Å². The first-order valence-electron chi connectivity index (χ1n) is 8.00. The second-order valence-corrected chi connectivity index (χ2v) is 7.91. The Hall–Kier alpha value is -1.50. The van der Waals surface area contributed by atoms with Crippen molar-refractivity contribution in [2.75, 3.05) is 19.6 Å². The molecule has 1 fully saturated rings. The molecule has 4 heterocycles. The van der Waals surface area contributed by atoms with Crippen molar-refractivity contribution in [3.8, 4) is 0 Å². The second kappa shape index (κ2) is 6.55. The zero-order valence-electron chi connectivity index (χ0n) is 12.9. The smallest absolute Gasteiger partial charge is 0.257 e. The molecular formula is C17H19N3OS2. The highest BCUT2D eigenvalue weighted by molar-refractivity contribution is 7.12. The van der Waals surface area contributed by atoms with E-state index >= 15 is 0 Å². The van der Waals surface area contributed by atoms with Crippen LogP contribution in [0.5, 0.6) is 0 Å². The standard InChI is InChI=1S/C17H19N3OS2/c21-17(12-19-7-1-2-8-19)20-14(16-6-4-10-23-16)11-13(18-20)15-5-3-9-22-15/h3-6,9-10,14H,1-2,7-8,11-12H2/t14-/m1/s1. The summed E-state index contributed by atoms with van der Waals surface area (Å²) in [5, 5.41) is 10.6. The highest BCUT2D eigenvalue weighted by atomic mass is 32.1. The summed E-state index contributed by atoms with van der Waals surface area (Å²) in [6, 6.07) is 8.34. The van der Waals surface area contributed by atoms with Crippen LogP contribution in [0.2, 0.25) is 0 Å². The molecule has 2 aliphatic heterocycles. The summed E-state index contributed by atoms with van der Waals surface area (Å²) in [4.78, 5) is 17.4. The molecule has 6 heteroatoms. The lowest BCUT2D eigenvalue weighted by Crippen LogP contribution is -2.36. The third kappa shape index (κ3) is 3.11. The van der Waals surface area contributed by atoms with Gasteiger partial charge < -0.3 is 0 Å². The molecule has 0 spiro atoms. The van der Waals surface area contributed by atoms with E-state index in [-0.39, 0.29) is 11.9 Å². The number of carbonyl (C=O) groups is 1. The predicted molar refractivity (Wildman–Crippen MR) is 95.1 cm³/mol. The summed E-state index contributed by atoms with van der Waals surface area (Å²) in [7, 11) is 0. The van der Waals surface area contributed by atoms with Crippen LogP contribution in [0.4, 0.5) is 0 Å². The van der Waals surface area contributed by atoms with E-state index < -0.39 is 0 Å². The molecule has 0 aliphatic carbocycles. The van der Waals surface area contributed by atoms with E-state index in [4.69, 9.17) is 5.10 Å². The Balaban J connectivity index is 1.57. The highest BCUT2D eigenvalue weighted by Crippen LogP contribution is 2.36. The number of hydrogen-bond acceptors (Lipinski definition) is 5. The highest BCUT2D eigenvalue weighted by Gasteiger charge is 2.34. The van der Waals surface area contributed by atoms with Crippen LogP contribution in [0.3, 0.4) is 0 Å². The third-order valence-electron chi connectivity index (χ3n) is 4.40. The minimum absolute atomic E-state index is 0.0576. The van der Waals surface area contributed by atoms with Gasteiger partial charge in [0.1, 0.15) is 0 Å². The molecule has 1 amide bonds. The van der Waals surface area contributed by atoms with Gasteiger partial charge >= 0.3 is 0 Å². The van der Waals surface area contributed by atoms with Gasteiger partial charge in [0, 0.05) is 11.3 Å². The molecular weight excluding hydrogens is 326 g/mol. The first-order chi connectivity index (χ1) is 11.3. The van der Waals surface area contributed by atoms with Gasteiger partial charge in [-0.05, 0) is 48.8 Å². The molecule has 0 N–H and O–H groups in total. The van der Waals surface area contributed by atoms with Crippen molar-refractivity contribution < 1.29 is 4.79 Å². The number of rotatable bonds is 4. The molecule has 23 heavy (non-hydrogen) atoms. The Kier molecular flexibility index (Phi) is 4.29. The number of thiophene rings is 2. The number of hydrogen-bond donors (Lipinski definition) is 0. The van der Waals surface area contributed by atoms with Crippen molar-refractivity contribution in [3.63, 3.8) is 0 Å². The first-order valence-corrected chi connectivity index (χ1v) is 9.76. The van der Waals surface area contributed by atoms with Gasteiger partial charge in [-0.15, -0.1) is 22.7 Å². The summed E-state index contributed by atoms with van der Waals surface area (Å²) >= 11 is 3.40. The summed E-state index contributed by atoms with van der Waals surface area (Å²) in [6.45, 7) is 2.55. The molecule has 0 aromatic carbocycles. The van der Waals surface area contributed by atoms with Crippen LogP contribution in [-0.4, -0.2) is 41.2 Å². The van der Waals surface area contributed by atoms with Gasteiger partial charge in [-0.3, -0.25) is 9.69 Å². The van der Waals surface area contributed by atoms with Crippen molar-refractivity contribution >= 4 is 34.3 Å². The van der Waals surface area contributed by atoms with E-state index in [1.165, 1.54) is 22.6 Å². The van der Waals surface area contributed by atoms with Crippen LogP contribution in [0.25, 0.3) is 0 Å². The average Bonchev–Trinajstić information content (AvgIpc) is 3.30. The maximum Gasteiger partial charge on any atom is 0.257 e. The second-order valence-electron chi connectivity index (χ2n) is 5.98. The molecule has 0 radical (unpaired) electrons. The summed E-state index contributed by atoms with van der Waals surface area (Å²) in [5.74, 6) is 0.122. The average molecular weight is 345 g/mol. The molecule has 0 saturated carbocycles. The zero-order valence-corrected chi connectivity index (χ0v) is 14.5. The van der Waals surface area contributed by atoms with Crippen LogP contribution in [0, 0.1) is 0 Å². The topological polar surface area (TPSA) is 35.9 Å². The Labute approximate surface area is 144 Å². The van der Waals surface area contributed by atoms with Gasteiger partial charge in [-0.25, -0.2) is 5.01 Å². The Morgan fingerprint density at radius 1 is 1.17 bits per heavy atom. The molecule has 1 atom stereocenters. The number of amides is 1. The van der Waals surface area contributed by atoms with Crippen LogP contribution < -0.4 is 0 Å². The van der Waals surface area contributed by atoms with Crippen molar-refractivity contribution in [2.45, 2.75) is 25.3 Å². The van der Waals surface area contributed by atoms with Gasteiger partial charge in [0.25, 0.3) is 5.91 Å². The third-order valence-corrected chi connectivity index (χ3v) is 6.29. The minimum Gasteiger partial charge on any atom is -0.294 e. The van der Waals surface area contributed by atoms with E-state index in [1.54, 1.807) is 27.7 Å². The van der Waals surface area contributed by atoms with Crippen molar-refractivity contribution in [3.05, 3.63) is 44.8 Å². The molecule has 1 saturated heterocycles. The van der Waals surface area contributed by atoms with E-state index in [0.29, 0.717) is 6.54 Å². The fourth-order valence-electron chi connectivity index (χ4n) is 3.24. The number of hydrazone groups is 1. The first kappa shape index (κ1) is 15.1. The van der Waals surface area contributed by atoms with Crippen LogP contribution in [0.15, 0.2) is 40.1 Å². The Morgan fingerprint density at radius 2 is 1.96 bits per heavy atom. The van der Waals surface area contributed by atoms with E-state index in [0.717, 1.165) is 25.2 Å². The number of carbonyl (C=O) groups excluding carboxylic acids is 1. The predicted octanol–water partition coefficient (Wildman–Crippen LogP) is 3.58. The summed E-state index contributed by atoms with van der Waals surface area (Å²) in [5.41, 5.74) is 1.04. The molecule has 0 bridgehead atoms. The maximum absolute atomic E-state index is 12.8.